The van der Waals surface area contributed by atoms with Gasteiger partial charge in [0.2, 0.25) is 0 Å². The van der Waals surface area contributed by atoms with Gasteiger partial charge in [-0.1, -0.05) is 54.9 Å². The van der Waals surface area contributed by atoms with Gasteiger partial charge in [-0.2, -0.15) is 0 Å². The zero-order chi connectivity index (χ0) is 14.4. The van der Waals surface area contributed by atoms with E-state index in [0.717, 1.165) is 13.0 Å². The van der Waals surface area contributed by atoms with Crippen LogP contribution in [0.15, 0.2) is 48.5 Å². The lowest BCUT2D eigenvalue weighted by atomic mass is 9.98. The van der Waals surface area contributed by atoms with E-state index in [1.807, 2.05) is 18.2 Å². The number of benzene rings is 2. The molecular formula is C17H19ClFN. The Morgan fingerprint density at radius 3 is 2.55 bits per heavy atom. The Kier molecular flexibility index (Phi) is 5.57. The summed E-state index contributed by atoms with van der Waals surface area (Å²) in [6.45, 7) is 3.03. The maximum absolute atomic E-state index is 13.9. The smallest absolute Gasteiger partial charge is 0.127 e. The van der Waals surface area contributed by atoms with Crippen LogP contribution in [-0.4, -0.2) is 6.54 Å². The molecule has 0 spiro atoms. The molecule has 2 rings (SSSR count). The van der Waals surface area contributed by atoms with E-state index in [1.165, 1.54) is 11.6 Å². The molecule has 1 atom stereocenters. The highest BCUT2D eigenvalue weighted by Gasteiger charge is 2.13. The average molecular weight is 292 g/mol. The van der Waals surface area contributed by atoms with Crippen LogP contribution in [0.25, 0.3) is 0 Å². The SMILES string of the molecule is CCCNC(Cc1ccc(Cl)cc1F)c1ccccc1. The molecule has 0 aromatic heterocycles. The maximum atomic E-state index is 13.9. The first-order chi connectivity index (χ1) is 9.70. The molecule has 2 aromatic rings. The number of nitrogens with one attached hydrogen (secondary N) is 1. The van der Waals surface area contributed by atoms with Gasteiger partial charge in [0.1, 0.15) is 5.82 Å². The molecule has 1 unspecified atom stereocenters. The highest BCUT2D eigenvalue weighted by Crippen LogP contribution is 2.22. The molecule has 0 amide bonds. The fraction of sp³-hybridized carbons (Fsp3) is 0.294. The molecule has 3 heteroatoms. The lowest BCUT2D eigenvalue weighted by molar-refractivity contribution is 0.513. The topological polar surface area (TPSA) is 12.0 Å². The summed E-state index contributed by atoms with van der Waals surface area (Å²) in [4.78, 5) is 0. The molecule has 0 radical (unpaired) electrons. The van der Waals surface area contributed by atoms with Crippen LogP contribution in [0.1, 0.15) is 30.5 Å². The third kappa shape index (κ3) is 4.06. The van der Waals surface area contributed by atoms with Gasteiger partial charge in [0.05, 0.1) is 0 Å². The fourth-order valence-corrected chi connectivity index (χ4v) is 2.38. The molecule has 0 aliphatic rings. The van der Waals surface area contributed by atoms with Gasteiger partial charge in [-0.15, -0.1) is 0 Å². The number of hydrogen-bond donors (Lipinski definition) is 1. The Labute approximate surface area is 124 Å². The third-order valence-corrected chi connectivity index (χ3v) is 3.52. The molecule has 2 aromatic carbocycles. The van der Waals surface area contributed by atoms with Crippen molar-refractivity contribution in [3.63, 3.8) is 0 Å². The van der Waals surface area contributed by atoms with Gasteiger partial charge in [0.15, 0.2) is 0 Å². The minimum Gasteiger partial charge on any atom is -0.310 e. The van der Waals surface area contributed by atoms with Crippen LogP contribution in [0.2, 0.25) is 5.02 Å². The van der Waals surface area contributed by atoms with Crippen molar-refractivity contribution in [1.82, 2.24) is 5.32 Å². The molecule has 0 saturated heterocycles. The Bertz CT molecular complexity index is 542. The molecule has 106 valence electrons. The van der Waals surface area contributed by atoms with E-state index >= 15 is 0 Å². The predicted molar refractivity (Wildman–Crippen MR) is 82.6 cm³/mol. The second-order valence-corrected chi connectivity index (χ2v) is 5.29. The molecular weight excluding hydrogens is 273 g/mol. The van der Waals surface area contributed by atoms with E-state index < -0.39 is 0 Å². The monoisotopic (exact) mass is 291 g/mol. The quantitative estimate of drug-likeness (QED) is 0.809. The van der Waals surface area contributed by atoms with E-state index in [0.29, 0.717) is 17.0 Å². The van der Waals surface area contributed by atoms with Gasteiger partial charge in [0, 0.05) is 11.1 Å². The van der Waals surface area contributed by atoms with E-state index in [9.17, 15) is 4.39 Å². The second kappa shape index (κ2) is 7.41. The first kappa shape index (κ1) is 15.0. The third-order valence-electron chi connectivity index (χ3n) is 3.28. The van der Waals surface area contributed by atoms with Gasteiger partial charge in [-0.05, 0) is 42.6 Å². The molecule has 20 heavy (non-hydrogen) atoms. The Morgan fingerprint density at radius 2 is 1.90 bits per heavy atom. The normalized spacial score (nSPS) is 12.3. The van der Waals surface area contributed by atoms with Crippen molar-refractivity contribution >= 4 is 11.6 Å². The van der Waals surface area contributed by atoms with Crippen molar-refractivity contribution in [1.29, 1.82) is 0 Å². The summed E-state index contributed by atoms with van der Waals surface area (Å²) in [5.74, 6) is -0.239. The maximum Gasteiger partial charge on any atom is 0.127 e. The largest absolute Gasteiger partial charge is 0.310 e. The van der Waals surface area contributed by atoms with E-state index in [2.05, 4.69) is 24.4 Å². The summed E-state index contributed by atoms with van der Waals surface area (Å²) in [5.41, 5.74) is 1.86. The van der Waals surface area contributed by atoms with Gasteiger partial charge < -0.3 is 5.32 Å². The summed E-state index contributed by atoms with van der Waals surface area (Å²) < 4.78 is 13.9. The Balaban J connectivity index is 2.19. The molecule has 0 heterocycles. The number of rotatable bonds is 6. The molecule has 0 aliphatic heterocycles. The van der Waals surface area contributed by atoms with Gasteiger partial charge in [0.25, 0.3) is 0 Å². The Hall–Kier alpha value is -1.38. The summed E-state index contributed by atoms with van der Waals surface area (Å²) in [7, 11) is 0. The van der Waals surface area contributed by atoms with Crippen molar-refractivity contribution in [2.24, 2.45) is 0 Å². The van der Waals surface area contributed by atoms with Crippen LogP contribution >= 0.6 is 11.6 Å². The minimum absolute atomic E-state index is 0.117. The second-order valence-electron chi connectivity index (χ2n) is 4.86. The van der Waals surface area contributed by atoms with Crippen molar-refractivity contribution < 1.29 is 4.39 Å². The highest BCUT2D eigenvalue weighted by atomic mass is 35.5. The molecule has 0 saturated carbocycles. The zero-order valence-corrected chi connectivity index (χ0v) is 12.3. The van der Waals surface area contributed by atoms with E-state index in [-0.39, 0.29) is 11.9 Å². The molecule has 1 N–H and O–H groups in total. The van der Waals surface area contributed by atoms with Crippen molar-refractivity contribution in [3.05, 3.63) is 70.5 Å². The Morgan fingerprint density at radius 1 is 1.15 bits per heavy atom. The lowest BCUT2D eigenvalue weighted by Gasteiger charge is -2.19. The average Bonchev–Trinajstić information content (AvgIpc) is 2.46. The predicted octanol–water partition coefficient (Wildman–Crippen LogP) is 4.76. The lowest BCUT2D eigenvalue weighted by Crippen LogP contribution is -2.24. The van der Waals surface area contributed by atoms with Crippen molar-refractivity contribution in [3.8, 4) is 0 Å². The van der Waals surface area contributed by atoms with Gasteiger partial charge in [-0.3, -0.25) is 0 Å². The molecule has 1 nitrogen and oxygen atoms in total. The summed E-state index contributed by atoms with van der Waals surface area (Å²) >= 11 is 5.80. The van der Waals surface area contributed by atoms with E-state index in [4.69, 9.17) is 11.6 Å². The zero-order valence-electron chi connectivity index (χ0n) is 11.6. The molecule has 0 fully saturated rings. The van der Waals surface area contributed by atoms with Crippen LogP contribution in [0.3, 0.4) is 0 Å². The van der Waals surface area contributed by atoms with Crippen LogP contribution in [0.5, 0.6) is 0 Å². The summed E-state index contributed by atoms with van der Waals surface area (Å²) in [5, 5.41) is 3.91. The number of halogens is 2. The van der Waals surface area contributed by atoms with Crippen LogP contribution < -0.4 is 5.32 Å². The van der Waals surface area contributed by atoms with Gasteiger partial charge >= 0.3 is 0 Å². The summed E-state index contributed by atoms with van der Waals surface area (Å²) in [6.07, 6.45) is 1.67. The van der Waals surface area contributed by atoms with Crippen LogP contribution in [-0.2, 0) is 6.42 Å². The van der Waals surface area contributed by atoms with E-state index in [1.54, 1.807) is 12.1 Å². The van der Waals surface area contributed by atoms with Crippen molar-refractivity contribution in [2.45, 2.75) is 25.8 Å². The molecule has 0 bridgehead atoms. The summed E-state index contributed by atoms with van der Waals surface area (Å²) in [6, 6.07) is 15.1. The van der Waals surface area contributed by atoms with Crippen LogP contribution in [0, 0.1) is 5.82 Å². The van der Waals surface area contributed by atoms with Gasteiger partial charge in [-0.25, -0.2) is 4.39 Å². The highest BCUT2D eigenvalue weighted by molar-refractivity contribution is 6.30. The standard InChI is InChI=1S/C17H19ClFN/c1-2-10-20-17(13-6-4-3-5-7-13)11-14-8-9-15(18)12-16(14)19/h3-9,12,17,20H,2,10-11H2,1H3. The van der Waals surface area contributed by atoms with Crippen LogP contribution in [0.4, 0.5) is 4.39 Å². The molecule has 0 aliphatic carbocycles. The first-order valence-corrected chi connectivity index (χ1v) is 7.30. The minimum atomic E-state index is -0.239. The fourth-order valence-electron chi connectivity index (χ4n) is 2.22. The first-order valence-electron chi connectivity index (χ1n) is 6.93. The number of hydrogen-bond acceptors (Lipinski definition) is 1. The van der Waals surface area contributed by atoms with Crippen molar-refractivity contribution in [2.75, 3.05) is 6.54 Å².